The van der Waals surface area contributed by atoms with Gasteiger partial charge in [-0.2, -0.15) is 5.26 Å². The van der Waals surface area contributed by atoms with Crippen molar-refractivity contribution in [2.24, 2.45) is 5.92 Å². The van der Waals surface area contributed by atoms with E-state index in [1.807, 2.05) is 18.2 Å². The molecule has 0 unspecified atom stereocenters. The van der Waals surface area contributed by atoms with Crippen LogP contribution in [0.25, 0.3) is 6.08 Å². The Balaban J connectivity index is 1.60. The van der Waals surface area contributed by atoms with Crippen molar-refractivity contribution in [3.63, 3.8) is 0 Å². The van der Waals surface area contributed by atoms with Crippen LogP contribution in [0.4, 0.5) is 0 Å². The molecule has 1 aromatic heterocycles. The van der Waals surface area contributed by atoms with Gasteiger partial charge in [-0.1, -0.05) is 6.92 Å². The average Bonchev–Trinajstić information content (AvgIpc) is 2.97. The number of carbonyl (C=O) groups is 1. The predicted molar refractivity (Wildman–Crippen MR) is 80.8 cm³/mol. The molecular weight excluding hydrogens is 280 g/mol. The molecule has 1 saturated heterocycles. The number of nitrogens with one attached hydrogen (secondary N) is 1. The lowest BCUT2D eigenvalue weighted by Crippen LogP contribution is -2.32. The summed E-state index contributed by atoms with van der Waals surface area (Å²) in [7, 11) is 0. The van der Waals surface area contributed by atoms with Gasteiger partial charge in [-0.3, -0.25) is 4.79 Å². The zero-order valence-electron chi connectivity index (χ0n) is 12.7. The first-order valence-electron chi connectivity index (χ1n) is 7.78. The Labute approximate surface area is 129 Å². The number of amides is 1. The second kappa shape index (κ2) is 6.37. The number of furan rings is 1. The molecule has 5 nitrogen and oxygen atoms in total. The van der Waals surface area contributed by atoms with Gasteiger partial charge in [0.2, 0.25) is 0 Å². The van der Waals surface area contributed by atoms with Crippen molar-refractivity contribution in [3.8, 4) is 6.07 Å². The molecule has 2 heterocycles. The fourth-order valence-corrected chi connectivity index (χ4v) is 2.76. The molecule has 3 rings (SSSR count). The minimum absolute atomic E-state index is 0.0581. The van der Waals surface area contributed by atoms with E-state index in [-0.39, 0.29) is 17.6 Å². The topological polar surface area (TPSA) is 75.3 Å². The number of nitriles is 1. The first kappa shape index (κ1) is 14.9. The molecule has 116 valence electrons. The van der Waals surface area contributed by atoms with Crippen LogP contribution in [-0.2, 0) is 9.53 Å². The number of hydrogen-bond acceptors (Lipinski definition) is 4. The standard InChI is InChI=1S/C17H20N2O3/c1-11-7-15(11)16-5-4-13(22-16)8-12(9-18)17(20)19-10-14-3-2-6-21-14/h4-5,8,11,14-15H,2-3,6-7,10H2,1H3,(H,19,20)/b12-8+/t11-,14-,15+/m0/s1. The molecule has 1 aliphatic heterocycles. The summed E-state index contributed by atoms with van der Waals surface area (Å²) in [5.41, 5.74) is 0.0581. The minimum Gasteiger partial charge on any atom is -0.461 e. The van der Waals surface area contributed by atoms with Gasteiger partial charge in [0.25, 0.3) is 5.91 Å². The monoisotopic (exact) mass is 300 g/mol. The molecule has 1 N–H and O–H groups in total. The smallest absolute Gasteiger partial charge is 0.262 e. The maximum atomic E-state index is 12.0. The minimum atomic E-state index is -0.379. The predicted octanol–water partition coefficient (Wildman–Crippen LogP) is 2.61. The van der Waals surface area contributed by atoms with E-state index in [4.69, 9.17) is 14.4 Å². The van der Waals surface area contributed by atoms with Crippen LogP contribution >= 0.6 is 0 Å². The lowest BCUT2D eigenvalue weighted by molar-refractivity contribution is -0.117. The molecule has 0 spiro atoms. The Morgan fingerprint density at radius 1 is 1.55 bits per heavy atom. The van der Waals surface area contributed by atoms with Gasteiger partial charge in [-0.15, -0.1) is 0 Å². The molecule has 0 aromatic carbocycles. The molecule has 1 aliphatic carbocycles. The van der Waals surface area contributed by atoms with Gasteiger partial charge >= 0.3 is 0 Å². The first-order valence-corrected chi connectivity index (χ1v) is 7.78. The molecule has 5 heteroatoms. The highest BCUT2D eigenvalue weighted by molar-refractivity contribution is 6.01. The van der Waals surface area contributed by atoms with E-state index in [1.165, 1.54) is 6.08 Å². The number of hydrogen-bond donors (Lipinski definition) is 1. The van der Waals surface area contributed by atoms with Crippen LogP contribution < -0.4 is 5.32 Å². The Morgan fingerprint density at radius 3 is 3.00 bits per heavy atom. The van der Waals surface area contributed by atoms with Crippen LogP contribution in [0.15, 0.2) is 22.1 Å². The summed E-state index contributed by atoms with van der Waals surface area (Å²) in [5, 5.41) is 11.9. The average molecular weight is 300 g/mol. The molecule has 0 radical (unpaired) electrons. The largest absolute Gasteiger partial charge is 0.461 e. The fraction of sp³-hybridized carbons (Fsp3) is 0.529. The maximum Gasteiger partial charge on any atom is 0.262 e. The van der Waals surface area contributed by atoms with Crippen LogP contribution in [0.2, 0.25) is 0 Å². The molecule has 3 atom stereocenters. The first-order chi connectivity index (χ1) is 10.7. The number of ether oxygens (including phenoxy) is 1. The summed E-state index contributed by atoms with van der Waals surface area (Å²) in [4.78, 5) is 12.0. The molecule has 1 amide bonds. The SMILES string of the molecule is C[C@H]1C[C@H]1c1ccc(/C=C(\C#N)C(=O)NC[C@@H]2CCCO2)o1. The summed E-state index contributed by atoms with van der Waals surface area (Å²) in [6.07, 6.45) is 4.68. The highest BCUT2D eigenvalue weighted by atomic mass is 16.5. The van der Waals surface area contributed by atoms with Crippen molar-refractivity contribution in [3.05, 3.63) is 29.2 Å². The Hall–Kier alpha value is -2.06. The van der Waals surface area contributed by atoms with Crippen LogP contribution in [0.3, 0.4) is 0 Å². The second-order valence-electron chi connectivity index (χ2n) is 6.07. The zero-order chi connectivity index (χ0) is 15.5. The molecular formula is C17H20N2O3. The van der Waals surface area contributed by atoms with E-state index in [0.29, 0.717) is 24.1 Å². The second-order valence-corrected chi connectivity index (χ2v) is 6.07. The van der Waals surface area contributed by atoms with Gasteiger partial charge in [0.1, 0.15) is 23.2 Å². The maximum absolute atomic E-state index is 12.0. The van der Waals surface area contributed by atoms with Crippen molar-refractivity contribution >= 4 is 12.0 Å². The van der Waals surface area contributed by atoms with Crippen molar-refractivity contribution in [1.82, 2.24) is 5.32 Å². The third-order valence-electron chi connectivity index (χ3n) is 4.29. The number of nitrogens with zero attached hydrogens (tertiary/aromatic N) is 1. The van der Waals surface area contributed by atoms with Gasteiger partial charge < -0.3 is 14.5 Å². The Bertz CT molecular complexity index is 620. The van der Waals surface area contributed by atoms with E-state index in [1.54, 1.807) is 0 Å². The molecule has 2 aliphatic rings. The van der Waals surface area contributed by atoms with Gasteiger partial charge in [0, 0.05) is 25.1 Å². The normalized spacial score (nSPS) is 27.5. The lowest BCUT2D eigenvalue weighted by Gasteiger charge is -2.09. The van der Waals surface area contributed by atoms with Crippen LogP contribution in [0.1, 0.15) is 43.6 Å². The summed E-state index contributed by atoms with van der Waals surface area (Å²) in [6, 6.07) is 5.68. The number of rotatable bonds is 5. The van der Waals surface area contributed by atoms with E-state index in [2.05, 4.69) is 12.2 Å². The molecule has 1 aromatic rings. The van der Waals surface area contributed by atoms with Crippen LogP contribution in [-0.4, -0.2) is 25.2 Å². The molecule has 0 bridgehead atoms. The van der Waals surface area contributed by atoms with Gasteiger partial charge in [-0.25, -0.2) is 0 Å². The van der Waals surface area contributed by atoms with E-state index in [0.717, 1.165) is 31.6 Å². The summed E-state index contributed by atoms with van der Waals surface area (Å²) >= 11 is 0. The highest BCUT2D eigenvalue weighted by Crippen LogP contribution is 2.47. The van der Waals surface area contributed by atoms with Crippen LogP contribution in [0.5, 0.6) is 0 Å². The van der Waals surface area contributed by atoms with E-state index in [9.17, 15) is 4.79 Å². The summed E-state index contributed by atoms with van der Waals surface area (Å²) in [5.74, 6) is 2.26. The third kappa shape index (κ3) is 3.40. The van der Waals surface area contributed by atoms with Crippen molar-refractivity contribution in [2.45, 2.75) is 38.2 Å². The highest BCUT2D eigenvalue weighted by Gasteiger charge is 2.36. The van der Waals surface area contributed by atoms with Crippen LogP contribution in [0, 0.1) is 17.2 Å². The quantitative estimate of drug-likeness (QED) is 0.670. The Kier molecular flexibility index (Phi) is 4.30. The Morgan fingerprint density at radius 2 is 2.36 bits per heavy atom. The van der Waals surface area contributed by atoms with Crippen molar-refractivity contribution in [2.75, 3.05) is 13.2 Å². The van der Waals surface area contributed by atoms with Crippen molar-refractivity contribution in [1.29, 1.82) is 5.26 Å². The zero-order valence-corrected chi connectivity index (χ0v) is 12.7. The summed E-state index contributed by atoms with van der Waals surface area (Å²) in [6.45, 7) is 3.37. The summed E-state index contributed by atoms with van der Waals surface area (Å²) < 4.78 is 11.2. The molecule has 2 fully saturated rings. The van der Waals surface area contributed by atoms with E-state index < -0.39 is 0 Å². The van der Waals surface area contributed by atoms with Gasteiger partial charge in [0.15, 0.2) is 0 Å². The van der Waals surface area contributed by atoms with Gasteiger partial charge in [-0.05, 0) is 37.3 Å². The molecule has 22 heavy (non-hydrogen) atoms. The molecule has 1 saturated carbocycles. The van der Waals surface area contributed by atoms with Crippen molar-refractivity contribution < 1.29 is 13.9 Å². The van der Waals surface area contributed by atoms with Gasteiger partial charge in [0.05, 0.1) is 6.10 Å². The number of carbonyl (C=O) groups excluding carboxylic acids is 1. The fourth-order valence-electron chi connectivity index (χ4n) is 2.76. The third-order valence-corrected chi connectivity index (χ3v) is 4.29. The lowest BCUT2D eigenvalue weighted by atomic mass is 10.2. The van der Waals surface area contributed by atoms with E-state index >= 15 is 0 Å².